The van der Waals surface area contributed by atoms with Crippen LogP contribution in [0.25, 0.3) is 0 Å². The zero-order valence-electron chi connectivity index (χ0n) is 11.9. The summed E-state index contributed by atoms with van der Waals surface area (Å²) in [6.45, 7) is 0.511. The van der Waals surface area contributed by atoms with Crippen LogP contribution < -0.4 is 5.32 Å². The third-order valence-corrected chi connectivity index (χ3v) is 3.64. The van der Waals surface area contributed by atoms with Gasteiger partial charge in [0.25, 0.3) is 5.91 Å². The fourth-order valence-electron chi connectivity index (χ4n) is 1.91. The van der Waals surface area contributed by atoms with Gasteiger partial charge in [0.2, 0.25) is 0 Å². The SMILES string of the molecule is CN(C)C(=O)c1ccccc1NCc1ccc(F)c(Br)c1. The van der Waals surface area contributed by atoms with E-state index in [1.165, 1.54) is 11.0 Å². The Morgan fingerprint density at radius 1 is 1.24 bits per heavy atom. The van der Waals surface area contributed by atoms with Crippen LogP contribution in [-0.4, -0.2) is 24.9 Å². The van der Waals surface area contributed by atoms with Gasteiger partial charge in [0.05, 0.1) is 10.0 Å². The lowest BCUT2D eigenvalue weighted by Crippen LogP contribution is -2.22. The number of nitrogens with one attached hydrogen (secondary N) is 1. The fourth-order valence-corrected chi connectivity index (χ4v) is 2.34. The molecular weight excluding hydrogens is 335 g/mol. The third kappa shape index (κ3) is 3.82. The van der Waals surface area contributed by atoms with Crippen molar-refractivity contribution in [3.8, 4) is 0 Å². The van der Waals surface area contributed by atoms with Crippen LogP contribution in [0.3, 0.4) is 0 Å². The first-order chi connectivity index (χ1) is 9.99. The molecule has 2 aromatic carbocycles. The number of hydrogen-bond donors (Lipinski definition) is 1. The van der Waals surface area contributed by atoms with E-state index in [-0.39, 0.29) is 11.7 Å². The van der Waals surface area contributed by atoms with E-state index >= 15 is 0 Å². The average molecular weight is 351 g/mol. The maximum atomic E-state index is 13.2. The number of amides is 1. The highest BCUT2D eigenvalue weighted by Gasteiger charge is 2.12. The number of nitrogens with zero attached hydrogens (tertiary/aromatic N) is 1. The molecule has 2 rings (SSSR count). The van der Waals surface area contributed by atoms with E-state index in [4.69, 9.17) is 0 Å². The largest absolute Gasteiger partial charge is 0.380 e. The van der Waals surface area contributed by atoms with E-state index < -0.39 is 0 Å². The number of anilines is 1. The van der Waals surface area contributed by atoms with E-state index in [0.29, 0.717) is 16.6 Å². The summed E-state index contributed by atoms with van der Waals surface area (Å²) < 4.78 is 13.6. The van der Waals surface area contributed by atoms with Gasteiger partial charge in [-0.25, -0.2) is 4.39 Å². The molecule has 0 heterocycles. The molecule has 2 aromatic rings. The molecule has 0 radical (unpaired) electrons. The van der Waals surface area contributed by atoms with Gasteiger partial charge < -0.3 is 10.2 Å². The van der Waals surface area contributed by atoms with Gasteiger partial charge in [0.1, 0.15) is 5.82 Å². The van der Waals surface area contributed by atoms with Gasteiger partial charge in [-0.05, 0) is 45.8 Å². The van der Waals surface area contributed by atoms with Crippen molar-refractivity contribution in [2.45, 2.75) is 6.54 Å². The van der Waals surface area contributed by atoms with Gasteiger partial charge in [-0.1, -0.05) is 18.2 Å². The molecule has 0 aliphatic heterocycles. The van der Waals surface area contributed by atoms with E-state index in [1.807, 2.05) is 18.2 Å². The Hall–Kier alpha value is -1.88. The highest BCUT2D eigenvalue weighted by atomic mass is 79.9. The van der Waals surface area contributed by atoms with Crippen LogP contribution >= 0.6 is 15.9 Å². The van der Waals surface area contributed by atoms with E-state index in [1.54, 1.807) is 32.3 Å². The Morgan fingerprint density at radius 2 is 1.95 bits per heavy atom. The topological polar surface area (TPSA) is 32.3 Å². The Balaban J connectivity index is 2.16. The predicted octanol–water partition coefficient (Wildman–Crippen LogP) is 3.90. The summed E-state index contributed by atoms with van der Waals surface area (Å²) in [5.74, 6) is -0.347. The van der Waals surface area contributed by atoms with Gasteiger partial charge in [-0.15, -0.1) is 0 Å². The molecule has 0 bridgehead atoms. The Kier molecular flexibility index (Phi) is 4.96. The van der Waals surface area contributed by atoms with Crippen molar-refractivity contribution in [1.29, 1.82) is 0 Å². The summed E-state index contributed by atoms with van der Waals surface area (Å²) in [4.78, 5) is 13.6. The maximum absolute atomic E-state index is 13.2. The molecule has 1 N–H and O–H groups in total. The lowest BCUT2D eigenvalue weighted by atomic mass is 10.1. The van der Waals surface area contributed by atoms with E-state index in [9.17, 15) is 9.18 Å². The first-order valence-corrected chi connectivity index (χ1v) is 7.27. The van der Waals surface area contributed by atoms with Gasteiger partial charge in [0.15, 0.2) is 0 Å². The highest BCUT2D eigenvalue weighted by Crippen LogP contribution is 2.20. The molecule has 3 nitrogen and oxygen atoms in total. The van der Waals surface area contributed by atoms with Crippen molar-refractivity contribution >= 4 is 27.5 Å². The minimum Gasteiger partial charge on any atom is -0.380 e. The molecule has 0 unspecified atom stereocenters. The van der Waals surface area contributed by atoms with Gasteiger partial charge >= 0.3 is 0 Å². The van der Waals surface area contributed by atoms with E-state index in [0.717, 1.165) is 11.3 Å². The van der Waals surface area contributed by atoms with Gasteiger partial charge in [-0.2, -0.15) is 0 Å². The zero-order chi connectivity index (χ0) is 15.4. The molecule has 5 heteroatoms. The van der Waals surface area contributed by atoms with Crippen LogP contribution in [0.4, 0.5) is 10.1 Å². The molecule has 0 aliphatic carbocycles. The summed E-state index contributed by atoms with van der Waals surface area (Å²) in [6.07, 6.45) is 0. The van der Waals surface area contributed by atoms with Crippen LogP contribution in [0.15, 0.2) is 46.9 Å². The van der Waals surface area contributed by atoms with Crippen molar-refractivity contribution < 1.29 is 9.18 Å². The van der Waals surface area contributed by atoms with Crippen LogP contribution in [0, 0.1) is 5.82 Å². The predicted molar refractivity (Wildman–Crippen MR) is 85.9 cm³/mol. The molecule has 0 saturated heterocycles. The van der Waals surface area contributed by atoms with Crippen molar-refractivity contribution in [3.63, 3.8) is 0 Å². The van der Waals surface area contributed by atoms with Gasteiger partial charge in [0, 0.05) is 26.3 Å². The van der Waals surface area contributed by atoms with Crippen LogP contribution in [0.2, 0.25) is 0 Å². The molecule has 0 fully saturated rings. The van der Waals surface area contributed by atoms with Crippen molar-refractivity contribution in [2.24, 2.45) is 0 Å². The number of halogens is 2. The lowest BCUT2D eigenvalue weighted by Gasteiger charge is -2.15. The van der Waals surface area contributed by atoms with Crippen molar-refractivity contribution in [3.05, 3.63) is 63.9 Å². The van der Waals surface area contributed by atoms with Crippen LogP contribution in [0.5, 0.6) is 0 Å². The Bertz CT molecular complexity index is 658. The summed E-state index contributed by atoms with van der Waals surface area (Å²) in [6, 6.07) is 12.2. The third-order valence-electron chi connectivity index (χ3n) is 3.03. The summed E-state index contributed by atoms with van der Waals surface area (Å²) in [5.41, 5.74) is 2.30. The maximum Gasteiger partial charge on any atom is 0.255 e. The van der Waals surface area contributed by atoms with Crippen LogP contribution in [-0.2, 0) is 6.54 Å². The first kappa shape index (κ1) is 15.5. The summed E-state index contributed by atoms with van der Waals surface area (Å²) in [5, 5.41) is 3.22. The van der Waals surface area contributed by atoms with Crippen LogP contribution in [0.1, 0.15) is 15.9 Å². The number of carbonyl (C=O) groups is 1. The second-order valence-electron chi connectivity index (χ2n) is 4.85. The van der Waals surface area contributed by atoms with E-state index in [2.05, 4.69) is 21.2 Å². The molecule has 110 valence electrons. The summed E-state index contributed by atoms with van der Waals surface area (Å²) in [7, 11) is 3.44. The molecule has 1 amide bonds. The lowest BCUT2D eigenvalue weighted by molar-refractivity contribution is 0.0828. The Labute approximate surface area is 131 Å². The standard InChI is InChI=1S/C16H16BrFN2O/c1-20(2)16(21)12-5-3-4-6-15(12)19-10-11-7-8-14(18)13(17)9-11/h3-9,19H,10H2,1-2H3. The second kappa shape index (κ2) is 6.72. The monoisotopic (exact) mass is 350 g/mol. The minimum atomic E-state index is -0.290. The van der Waals surface area contributed by atoms with Crippen molar-refractivity contribution in [2.75, 3.05) is 19.4 Å². The molecular formula is C16H16BrFN2O. The Morgan fingerprint density at radius 3 is 2.62 bits per heavy atom. The molecule has 0 aliphatic rings. The number of rotatable bonds is 4. The normalized spacial score (nSPS) is 10.3. The first-order valence-electron chi connectivity index (χ1n) is 6.47. The summed E-state index contributed by atoms with van der Waals surface area (Å²) >= 11 is 3.17. The number of benzene rings is 2. The smallest absolute Gasteiger partial charge is 0.255 e. The molecule has 0 saturated carbocycles. The fraction of sp³-hybridized carbons (Fsp3) is 0.188. The molecule has 21 heavy (non-hydrogen) atoms. The molecule has 0 spiro atoms. The minimum absolute atomic E-state index is 0.0570. The highest BCUT2D eigenvalue weighted by molar-refractivity contribution is 9.10. The second-order valence-corrected chi connectivity index (χ2v) is 5.70. The van der Waals surface area contributed by atoms with Gasteiger partial charge in [-0.3, -0.25) is 4.79 Å². The van der Waals surface area contributed by atoms with Crippen molar-refractivity contribution in [1.82, 2.24) is 4.90 Å². The quantitative estimate of drug-likeness (QED) is 0.906. The number of carbonyl (C=O) groups excluding carboxylic acids is 1. The molecule has 0 atom stereocenters. The molecule has 0 aromatic heterocycles. The average Bonchev–Trinajstić information content (AvgIpc) is 2.48. The number of hydrogen-bond acceptors (Lipinski definition) is 2. The number of para-hydroxylation sites is 1. The zero-order valence-corrected chi connectivity index (χ0v) is 13.4.